The summed E-state index contributed by atoms with van der Waals surface area (Å²) in [5.74, 6) is 0.218. The van der Waals surface area contributed by atoms with Crippen molar-refractivity contribution in [3.05, 3.63) is 120 Å². The van der Waals surface area contributed by atoms with Gasteiger partial charge >= 0.3 is 0 Å². The molecule has 1 N–H and O–H groups in total. The molecule has 0 radical (unpaired) electrons. The first-order valence-corrected chi connectivity index (χ1v) is 9.46. The molecular formula is C25H24O2. The fraction of sp³-hybridized carbons (Fsp3) is 0.200. The van der Waals surface area contributed by atoms with Gasteiger partial charge in [-0.3, -0.25) is 0 Å². The first-order valence-electron chi connectivity index (χ1n) is 9.46. The molecule has 0 fully saturated rings. The minimum absolute atomic E-state index is 0.218. The molecule has 3 aromatic rings. The molecule has 2 nitrogen and oxygen atoms in total. The summed E-state index contributed by atoms with van der Waals surface area (Å²) in [5.41, 5.74) is 2.62. The quantitative estimate of drug-likeness (QED) is 0.501. The Kier molecular flexibility index (Phi) is 5.19. The zero-order valence-corrected chi connectivity index (χ0v) is 15.2. The number of hydrogen-bond donors (Lipinski definition) is 1. The van der Waals surface area contributed by atoms with Gasteiger partial charge in [0.15, 0.2) is 0 Å². The molecule has 1 aliphatic rings. The van der Waals surface area contributed by atoms with Crippen molar-refractivity contribution in [2.24, 2.45) is 5.92 Å². The van der Waals surface area contributed by atoms with Crippen molar-refractivity contribution in [1.82, 2.24) is 0 Å². The summed E-state index contributed by atoms with van der Waals surface area (Å²) in [6.07, 6.45) is 4.28. The number of aliphatic hydroxyl groups is 1. The van der Waals surface area contributed by atoms with Crippen molar-refractivity contribution in [2.45, 2.75) is 18.1 Å². The van der Waals surface area contributed by atoms with E-state index in [1.54, 1.807) is 0 Å². The van der Waals surface area contributed by atoms with Crippen LogP contribution in [0.15, 0.2) is 103 Å². The second-order valence-corrected chi connectivity index (χ2v) is 7.04. The number of benzene rings is 3. The van der Waals surface area contributed by atoms with E-state index in [4.69, 9.17) is 4.74 Å². The minimum atomic E-state index is -0.689. The molecule has 2 heteroatoms. The Bertz CT molecular complexity index is 775. The zero-order valence-electron chi connectivity index (χ0n) is 15.2. The van der Waals surface area contributed by atoms with Gasteiger partial charge in [-0.2, -0.15) is 0 Å². The van der Waals surface area contributed by atoms with Crippen LogP contribution in [0.1, 0.15) is 23.1 Å². The monoisotopic (exact) mass is 356 g/mol. The second kappa shape index (κ2) is 7.91. The zero-order chi connectivity index (χ0) is 18.5. The van der Waals surface area contributed by atoms with Gasteiger partial charge in [0.2, 0.25) is 0 Å². The Labute approximate surface area is 160 Å². The molecule has 0 saturated heterocycles. The molecule has 0 unspecified atom stereocenters. The van der Waals surface area contributed by atoms with Crippen molar-refractivity contribution in [1.29, 1.82) is 0 Å². The van der Waals surface area contributed by atoms with E-state index in [0.717, 1.165) is 16.7 Å². The predicted octanol–water partition coefficient (Wildman–Crippen LogP) is 4.93. The summed E-state index contributed by atoms with van der Waals surface area (Å²) in [7, 11) is 0. The van der Waals surface area contributed by atoms with E-state index in [2.05, 4.69) is 78.9 Å². The highest BCUT2D eigenvalue weighted by Gasteiger charge is 2.38. The van der Waals surface area contributed by atoms with Gasteiger partial charge in [-0.25, -0.2) is 0 Å². The number of ether oxygens (including phenoxy) is 1. The molecule has 1 aliphatic carbocycles. The molecule has 0 aliphatic heterocycles. The standard InChI is InChI=1S/C25H24O2/c26-24-17-16-20(18-24)19-27-25(21-10-4-1-5-11-21,22-12-6-2-7-13-22)23-14-8-3-9-15-23/h1-17,20,24,26H,18-19H2/t20-,24+/m1/s1. The Hall–Kier alpha value is -2.68. The Balaban J connectivity index is 1.83. The van der Waals surface area contributed by atoms with Crippen molar-refractivity contribution >= 4 is 0 Å². The van der Waals surface area contributed by atoms with Gasteiger partial charge in [-0.15, -0.1) is 0 Å². The topological polar surface area (TPSA) is 29.5 Å². The first-order chi connectivity index (χ1) is 13.3. The van der Waals surface area contributed by atoms with E-state index in [1.165, 1.54) is 0 Å². The molecule has 2 atom stereocenters. The van der Waals surface area contributed by atoms with Crippen molar-refractivity contribution in [3.8, 4) is 0 Å². The Morgan fingerprint density at radius 3 is 1.52 bits per heavy atom. The summed E-state index contributed by atoms with van der Waals surface area (Å²) in [6.45, 7) is 0.548. The smallest absolute Gasteiger partial charge is 0.143 e. The Morgan fingerprint density at radius 2 is 1.15 bits per heavy atom. The lowest BCUT2D eigenvalue weighted by Crippen LogP contribution is -2.34. The van der Waals surface area contributed by atoms with Crippen LogP contribution in [-0.4, -0.2) is 17.8 Å². The summed E-state index contributed by atoms with van der Waals surface area (Å²) < 4.78 is 6.76. The highest BCUT2D eigenvalue weighted by atomic mass is 16.5. The Morgan fingerprint density at radius 1 is 0.704 bits per heavy atom. The van der Waals surface area contributed by atoms with Gasteiger partial charge in [0.05, 0.1) is 12.7 Å². The molecule has 27 heavy (non-hydrogen) atoms. The SMILES string of the molecule is O[C@H]1C=C[C@@H](COC(c2ccccc2)(c2ccccc2)c2ccccc2)C1. The molecule has 0 spiro atoms. The van der Waals surface area contributed by atoms with Gasteiger partial charge in [-0.1, -0.05) is 103 Å². The normalized spacial score (nSPS) is 19.3. The molecular weight excluding hydrogens is 332 g/mol. The van der Waals surface area contributed by atoms with Crippen LogP contribution in [0.5, 0.6) is 0 Å². The van der Waals surface area contributed by atoms with E-state index >= 15 is 0 Å². The van der Waals surface area contributed by atoms with Crippen molar-refractivity contribution in [2.75, 3.05) is 6.61 Å². The van der Waals surface area contributed by atoms with Gasteiger partial charge < -0.3 is 9.84 Å². The lowest BCUT2D eigenvalue weighted by molar-refractivity contribution is -0.00393. The first kappa shape index (κ1) is 17.7. The van der Waals surface area contributed by atoms with Crippen LogP contribution in [-0.2, 0) is 10.3 Å². The van der Waals surface area contributed by atoms with Crippen LogP contribution in [0.25, 0.3) is 0 Å². The van der Waals surface area contributed by atoms with Crippen LogP contribution in [0.4, 0.5) is 0 Å². The minimum Gasteiger partial charge on any atom is -0.389 e. The van der Waals surface area contributed by atoms with Crippen LogP contribution in [0.3, 0.4) is 0 Å². The molecule has 0 amide bonds. The molecule has 0 aromatic heterocycles. The van der Waals surface area contributed by atoms with Gasteiger partial charge in [0.1, 0.15) is 5.60 Å². The summed E-state index contributed by atoms with van der Waals surface area (Å²) >= 11 is 0. The largest absolute Gasteiger partial charge is 0.389 e. The number of rotatable bonds is 6. The highest BCUT2D eigenvalue weighted by Crippen LogP contribution is 2.41. The number of aliphatic hydroxyl groups excluding tert-OH is 1. The lowest BCUT2D eigenvalue weighted by atomic mass is 9.80. The molecule has 4 rings (SSSR count). The molecule has 0 heterocycles. The van der Waals surface area contributed by atoms with E-state index in [1.807, 2.05) is 24.3 Å². The van der Waals surface area contributed by atoms with E-state index in [0.29, 0.717) is 13.0 Å². The summed E-state index contributed by atoms with van der Waals surface area (Å²) in [5, 5.41) is 9.84. The van der Waals surface area contributed by atoms with Crippen LogP contribution < -0.4 is 0 Å². The fourth-order valence-electron chi connectivity index (χ4n) is 3.88. The third-order valence-corrected chi connectivity index (χ3v) is 5.20. The van der Waals surface area contributed by atoms with E-state index in [9.17, 15) is 5.11 Å². The van der Waals surface area contributed by atoms with Crippen LogP contribution in [0.2, 0.25) is 0 Å². The summed E-state index contributed by atoms with van der Waals surface area (Å²) in [6, 6.07) is 31.2. The molecule has 0 saturated carbocycles. The average Bonchev–Trinajstić information content (AvgIpc) is 3.16. The van der Waals surface area contributed by atoms with Crippen molar-refractivity contribution < 1.29 is 9.84 Å². The third kappa shape index (κ3) is 3.59. The molecule has 3 aromatic carbocycles. The lowest BCUT2D eigenvalue weighted by Gasteiger charge is -2.36. The van der Waals surface area contributed by atoms with Crippen molar-refractivity contribution in [3.63, 3.8) is 0 Å². The van der Waals surface area contributed by atoms with Gasteiger partial charge in [-0.05, 0) is 23.1 Å². The number of hydrogen-bond acceptors (Lipinski definition) is 2. The summed E-state index contributed by atoms with van der Waals surface area (Å²) in [4.78, 5) is 0. The van der Waals surface area contributed by atoms with Gasteiger partial charge in [0, 0.05) is 5.92 Å². The second-order valence-electron chi connectivity index (χ2n) is 7.04. The average molecular weight is 356 g/mol. The van der Waals surface area contributed by atoms with Gasteiger partial charge in [0.25, 0.3) is 0 Å². The molecule has 0 bridgehead atoms. The van der Waals surface area contributed by atoms with Crippen LogP contribution >= 0.6 is 0 Å². The van der Waals surface area contributed by atoms with Crippen LogP contribution in [0, 0.1) is 5.92 Å². The maximum Gasteiger partial charge on any atom is 0.143 e. The third-order valence-electron chi connectivity index (χ3n) is 5.20. The van der Waals surface area contributed by atoms with E-state index < -0.39 is 5.60 Å². The predicted molar refractivity (Wildman–Crippen MR) is 108 cm³/mol. The highest BCUT2D eigenvalue weighted by molar-refractivity contribution is 5.47. The molecule has 136 valence electrons. The van der Waals surface area contributed by atoms with E-state index in [-0.39, 0.29) is 12.0 Å². The maximum atomic E-state index is 9.84. The fourth-order valence-corrected chi connectivity index (χ4v) is 3.88. The maximum absolute atomic E-state index is 9.84.